The van der Waals surface area contributed by atoms with E-state index in [9.17, 15) is 4.79 Å². The van der Waals surface area contributed by atoms with Crippen molar-refractivity contribution in [3.05, 3.63) is 48.0 Å². The third kappa shape index (κ3) is 2.85. The van der Waals surface area contributed by atoms with Gasteiger partial charge in [0.1, 0.15) is 0 Å². The van der Waals surface area contributed by atoms with Crippen molar-refractivity contribution in [2.24, 2.45) is 11.1 Å². The summed E-state index contributed by atoms with van der Waals surface area (Å²) in [5.74, 6) is 0. The van der Waals surface area contributed by atoms with Gasteiger partial charge >= 0.3 is 6.09 Å². The molecule has 0 radical (unpaired) electrons. The first-order valence-electron chi connectivity index (χ1n) is 6.99. The third-order valence-corrected chi connectivity index (χ3v) is 4.13. The summed E-state index contributed by atoms with van der Waals surface area (Å²) in [7, 11) is 0. The number of carbonyl (C=O) groups is 1. The number of fused-ring (bicyclic) bond motifs is 1. The summed E-state index contributed by atoms with van der Waals surface area (Å²) < 4.78 is 0. The van der Waals surface area contributed by atoms with E-state index in [1.54, 1.807) is 0 Å². The van der Waals surface area contributed by atoms with Crippen LogP contribution in [0.4, 0.5) is 4.79 Å². The lowest BCUT2D eigenvalue weighted by Gasteiger charge is -2.42. The zero-order valence-corrected chi connectivity index (χ0v) is 12.7. The molecule has 2 aromatic carbocycles. The third-order valence-electron chi connectivity index (χ3n) is 4.13. The molecule has 1 amide bonds. The highest BCUT2D eigenvalue weighted by atomic mass is 16.4. The molecular formula is C17H22N2O2. The van der Waals surface area contributed by atoms with E-state index >= 15 is 0 Å². The molecule has 0 saturated heterocycles. The second-order valence-electron chi connectivity index (χ2n) is 6.41. The zero-order chi connectivity index (χ0) is 15.7. The molecule has 0 aromatic heterocycles. The summed E-state index contributed by atoms with van der Waals surface area (Å²) in [5.41, 5.74) is 6.54. The van der Waals surface area contributed by atoms with Gasteiger partial charge < -0.3 is 16.2 Å². The highest BCUT2D eigenvalue weighted by molar-refractivity contribution is 5.86. The second kappa shape index (κ2) is 5.37. The molecule has 1 atom stereocenters. The smallest absolute Gasteiger partial charge is 0.404 e. The van der Waals surface area contributed by atoms with Crippen LogP contribution in [-0.4, -0.2) is 17.7 Å². The number of benzene rings is 2. The molecule has 0 spiro atoms. The van der Waals surface area contributed by atoms with Gasteiger partial charge in [-0.1, -0.05) is 63.2 Å². The SMILES string of the molecule is CC(C)(C)C(N)(CNC(=O)O)c1cccc2ccccc12. The number of nitrogens with one attached hydrogen (secondary N) is 1. The second-order valence-corrected chi connectivity index (χ2v) is 6.41. The van der Waals surface area contributed by atoms with Gasteiger partial charge in [0.05, 0.1) is 5.54 Å². The predicted molar refractivity (Wildman–Crippen MR) is 85.3 cm³/mol. The normalized spacial score (nSPS) is 14.7. The fourth-order valence-electron chi connectivity index (χ4n) is 2.59. The number of amides is 1. The van der Waals surface area contributed by atoms with Crippen molar-refractivity contribution in [3.8, 4) is 0 Å². The summed E-state index contributed by atoms with van der Waals surface area (Å²) in [6.45, 7) is 6.24. The maximum absolute atomic E-state index is 10.9. The van der Waals surface area contributed by atoms with E-state index in [-0.39, 0.29) is 12.0 Å². The molecule has 0 fully saturated rings. The Balaban J connectivity index is 2.61. The Kier molecular flexibility index (Phi) is 3.92. The van der Waals surface area contributed by atoms with Gasteiger partial charge in [0.15, 0.2) is 0 Å². The van der Waals surface area contributed by atoms with Gasteiger partial charge in [-0.25, -0.2) is 4.79 Å². The molecule has 2 rings (SSSR count). The fourth-order valence-corrected chi connectivity index (χ4v) is 2.59. The standard InChI is InChI=1S/C17H22N2O2/c1-16(2,3)17(18,11-19-15(20)21)14-10-6-8-12-7-4-5-9-13(12)14/h4-10,19H,11,18H2,1-3H3,(H,20,21). The van der Waals surface area contributed by atoms with Crippen LogP contribution in [0.5, 0.6) is 0 Å². The van der Waals surface area contributed by atoms with Crippen LogP contribution in [0.3, 0.4) is 0 Å². The summed E-state index contributed by atoms with van der Waals surface area (Å²) in [5, 5.41) is 13.5. The molecule has 4 nitrogen and oxygen atoms in total. The number of hydrogen-bond acceptors (Lipinski definition) is 2. The molecule has 21 heavy (non-hydrogen) atoms. The topological polar surface area (TPSA) is 75.3 Å². The summed E-state index contributed by atoms with van der Waals surface area (Å²) in [4.78, 5) is 10.9. The quantitative estimate of drug-likeness (QED) is 0.810. The molecule has 0 saturated carbocycles. The van der Waals surface area contributed by atoms with Gasteiger partial charge in [-0.2, -0.15) is 0 Å². The van der Waals surface area contributed by atoms with Gasteiger partial charge in [0, 0.05) is 6.54 Å². The highest BCUT2D eigenvalue weighted by Gasteiger charge is 2.41. The van der Waals surface area contributed by atoms with Crippen molar-refractivity contribution < 1.29 is 9.90 Å². The van der Waals surface area contributed by atoms with E-state index in [1.807, 2.05) is 63.2 Å². The van der Waals surface area contributed by atoms with Crippen molar-refractivity contribution in [2.45, 2.75) is 26.3 Å². The number of carboxylic acid groups (broad SMARTS) is 1. The van der Waals surface area contributed by atoms with Crippen molar-refractivity contribution in [1.29, 1.82) is 0 Å². The average Bonchev–Trinajstić information content (AvgIpc) is 2.43. The summed E-state index contributed by atoms with van der Waals surface area (Å²) >= 11 is 0. The van der Waals surface area contributed by atoms with Crippen molar-refractivity contribution >= 4 is 16.9 Å². The molecule has 0 aliphatic heterocycles. The Labute approximate surface area is 125 Å². The molecule has 0 aliphatic carbocycles. The first-order chi connectivity index (χ1) is 9.75. The first kappa shape index (κ1) is 15.3. The maximum Gasteiger partial charge on any atom is 0.404 e. The highest BCUT2D eigenvalue weighted by Crippen LogP contribution is 2.39. The molecule has 112 valence electrons. The van der Waals surface area contributed by atoms with E-state index in [4.69, 9.17) is 10.8 Å². The van der Waals surface area contributed by atoms with E-state index < -0.39 is 11.6 Å². The Morgan fingerprint density at radius 1 is 1.14 bits per heavy atom. The van der Waals surface area contributed by atoms with Crippen LogP contribution in [0.15, 0.2) is 42.5 Å². The van der Waals surface area contributed by atoms with Crippen molar-refractivity contribution in [1.82, 2.24) is 5.32 Å². The predicted octanol–water partition coefficient (Wildman–Crippen LogP) is 3.31. The number of hydrogen-bond donors (Lipinski definition) is 3. The van der Waals surface area contributed by atoms with Gasteiger partial charge in [-0.05, 0) is 21.8 Å². The van der Waals surface area contributed by atoms with Gasteiger partial charge in [-0.15, -0.1) is 0 Å². The molecule has 4 N–H and O–H groups in total. The molecular weight excluding hydrogens is 264 g/mol. The summed E-state index contributed by atoms with van der Waals surface area (Å²) in [6, 6.07) is 14.0. The molecule has 2 aromatic rings. The van der Waals surface area contributed by atoms with E-state index in [0.29, 0.717) is 0 Å². The Hall–Kier alpha value is -2.07. The van der Waals surface area contributed by atoms with Crippen LogP contribution in [0, 0.1) is 5.41 Å². The van der Waals surface area contributed by atoms with Crippen molar-refractivity contribution in [3.63, 3.8) is 0 Å². The average molecular weight is 286 g/mol. The number of nitrogens with two attached hydrogens (primary N) is 1. The Morgan fingerprint density at radius 2 is 1.76 bits per heavy atom. The summed E-state index contributed by atoms with van der Waals surface area (Å²) in [6.07, 6.45) is -1.06. The lowest BCUT2D eigenvalue weighted by molar-refractivity contribution is 0.164. The Bertz CT molecular complexity index is 656. The minimum absolute atomic E-state index is 0.167. The molecule has 1 unspecified atom stereocenters. The van der Waals surface area contributed by atoms with Gasteiger partial charge in [0.25, 0.3) is 0 Å². The molecule has 0 aliphatic rings. The fraction of sp³-hybridized carbons (Fsp3) is 0.353. The molecule has 0 bridgehead atoms. The first-order valence-corrected chi connectivity index (χ1v) is 6.99. The van der Waals surface area contributed by atoms with Crippen LogP contribution in [-0.2, 0) is 5.54 Å². The van der Waals surface area contributed by atoms with E-state index in [2.05, 4.69) is 5.32 Å². The van der Waals surface area contributed by atoms with Crippen LogP contribution in [0.2, 0.25) is 0 Å². The van der Waals surface area contributed by atoms with E-state index in [0.717, 1.165) is 16.3 Å². The lowest BCUT2D eigenvalue weighted by atomic mass is 9.69. The van der Waals surface area contributed by atoms with Gasteiger partial charge in [-0.3, -0.25) is 0 Å². The van der Waals surface area contributed by atoms with Crippen LogP contribution < -0.4 is 11.1 Å². The number of rotatable bonds is 3. The lowest BCUT2D eigenvalue weighted by Crippen LogP contribution is -2.55. The van der Waals surface area contributed by atoms with Crippen LogP contribution in [0.1, 0.15) is 26.3 Å². The van der Waals surface area contributed by atoms with Crippen molar-refractivity contribution in [2.75, 3.05) is 6.54 Å². The largest absolute Gasteiger partial charge is 0.465 e. The maximum atomic E-state index is 10.9. The zero-order valence-electron chi connectivity index (χ0n) is 12.7. The Morgan fingerprint density at radius 3 is 2.38 bits per heavy atom. The monoisotopic (exact) mass is 286 g/mol. The van der Waals surface area contributed by atoms with Crippen LogP contribution >= 0.6 is 0 Å². The minimum Gasteiger partial charge on any atom is -0.465 e. The minimum atomic E-state index is -1.06. The molecule has 4 heteroatoms. The van der Waals surface area contributed by atoms with E-state index in [1.165, 1.54) is 0 Å². The van der Waals surface area contributed by atoms with Gasteiger partial charge in [0.2, 0.25) is 0 Å². The van der Waals surface area contributed by atoms with Crippen LogP contribution in [0.25, 0.3) is 10.8 Å². The molecule has 0 heterocycles.